The Kier molecular flexibility index (Phi) is 2.87. The molecule has 0 bridgehead atoms. The molecule has 2 aromatic heterocycles. The van der Waals surface area contributed by atoms with Crippen LogP contribution in [0.25, 0.3) is 11.3 Å². The summed E-state index contributed by atoms with van der Waals surface area (Å²) < 4.78 is 1.95. The van der Waals surface area contributed by atoms with E-state index in [1.165, 1.54) is 11.3 Å². The zero-order valence-electron chi connectivity index (χ0n) is 9.52. The Balaban J connectivity index is 2.54. The molecule has 0 amide bonds. The van der Waals surface area contributed by atoms with Crippen LogP contribution in [-0.2, 0) is 6.54 Å². The van der Waals surface area contributed by atoms with Crippen LogP contribution < -0.4 is 0 Å². The van der Waals surface area contributed by atoms with Gasteiger partial charge in [-0.3, -0.25) is 9.48 Å². The smallest absolute Gasteiger partial charge is 0.178 e. The van der Waals surface area contributed by atoms with Gasteiger partial charge in [0.05, 0.1) is 11.4 Å². The molecule has 16 heavy (non-hydrogen) atoms. The number of hydrogen-bond donors (Lipinski definition) is 0. The molecule has 0 radical (unpaired) electrons. The first-order chi connectivity index (χ1) is 7.67. The Labute approximate surface area is 97.9 Å². The Hall–Kier alpha value is -1.49. The second-order valence-corrected chi connectivity index (χ2v) is 4.44. The van der Waals surface area contributed by atoms with Crippen molar-refractivity contribution in [1.29, 1.82) is 0 Å². The van der Waals surface area contributed by atoms with Gasteiger partial charge < -0.3 is 0 Å². The van der Waals surface area contributed by atoms with E-state index in [-0.39, 0.29) is 0 Å². The highest BCUT2D eigenvalue weighted by Gasteiger charge is 2.15. The fourth-order valence-electron chi connectivity index (χ4n) is 1.83. The van der Waals surface area contributed by atoms with Crippen LogP contribution in [-0.4, -0.2) is 21.1 Å². The van der Waals surface area contributed by atoms with Gasteiger partial charge in [-0.2, -0.15) is 5.10 Å². The van der Waals surface area contributed by atoms with Gasteiger partial charge in [0, 0.05) is 23.2 Å². The molecular weight excluding hydrogens is 222 g/mol. The monoisotopic (exact) mass is 235 g/mol. The van der Waals surface area contributed by atoms with Gasteiger partial charge in [-0.05, 0) is 20.8 Å². The van der Waals surface area contributed by atoms with Gasteiger partial charge >= 0.3 is 0 Å². The maximum Gasteiger partial charge on any atom is 0.178 e. The van der Waals surface area contributed by atoms with Crippen molar-refractivity contribution in [2.75, 3.05) is 0 Å². The quantitative estimate of drug-likeness (QED) is 0.768. The largest absolute Gasteiger partial charge is 0.295 e. The van der Waals surface area contributed by atoms with E-state index in [9.17, 15) is 4.79 Å². The fourth-order valence-corrected chi connectivity index (χ4v) is 2.44. The minimum Gasteiger partial charge on any atom is -0.295 e. The van der Waals surface area contributed by atoms with E-state index in [1.54, 1.807) is 0 Å². The molecular formula is C11H13N3OS. The second kappa shape index (κ2) is 4.17. The zero-order chi connectivity index (χ0) is 11.7. The van der Waals surface area contributed by atoms with E-state index in [0.717, 1.165) is 35.5 Å². The first-order valence-corrected chi connectivity index (χ1v) is 6.00. The molecule has 4 nitrogen and oxygen atoms in total. The maximum absolute atomic E-state index is 10.6. The molecule has 0 N–H and O–H groups in total. The van der Waals surface area contributed by atoms with Gasteiger partial charge in [0.15, 0.2) is 11.3 Å². The minimum atomic E-state index is 0.512. The highest BCUT2D eigenvalue weighted by atomic mass is 32.1. The lowest BCUT2D eigenvalue weighted by Crippen LogP contribution is -1.98. The van der Waals surface area contributed by atoms with Crippen LogP contribution in [0.4, 0.5) is 0 Å². The van der Waals surface area contributed by atoms with E-state index in [0.29, 0.717) is 5.01 Å². The van der Waals surface area contributed by atoms with Crippen LogP contribution in [0, 0.1) is 13.8 Å². The van der Waals surface area contributed by atoms with Crippen molar-refractivity contribution in [1.82, 2.24) is 14.8 Å². The Morgan fingerprint density at radius 2 is 2.25 bits per heavy atom. The molecule has 84 valence electrons. The normalized spacial score (nSPS) is 10.7. The van der Waals surface area contributed by atoms with Crippen molar-refractivity contribution >= 4 is 17.6 Å². The third-order valence-corrected chi connectivity index (χ3v) is 3.33. The average Bonchev–Trinajstić information content (AvgIpc) is 2.83. The highest BCUT2D eigenvalue weighted by Crippen LogP contribution is 2.27. The standard InChI is InChI=1S/C11H13N3OS/c1-4-14-8(3)11(7(2)13-14)9-6-16-10(5-15)12-9/h5-6H,4H2,1-3H3. The number of carbonyl (C=O) groups is 1. The second-order valence-electron chi connectivity index (χ2n) is 3.55. The van der Waals surface area contributed by atoms with Crippen LogP contribution in [0.5, 0.6) is 0 Å². The van der Waals surface area contributed by atoms with Crippen LogP contribution in [0.3, 0.4) is 0 Å². The third kappa shape index (κ3) is 1.67. The van der Waals surface area contributed by atoms with Crippen molar-refractivity contribution in [3.63, 3.8) is 0 Å². The Bertz CT molecular complexity index is 527. The molecule has 0 fully saturated rings. The van der Waals surface area contributed by atoms with Gasteiger partial charge in [-0.1, -0.05) is 0 Å². The number of aldehydes is 1. The molecule has 0 atom stereocenters. The molecule has 0 saturated carbocycles. The van der Waals surface area contributed by atoms with Gasteiger partial charge in [0.2, 0.25) is 0 Å². The van der Waals surface area contributed by atoms with Crippen LogP contribution in [0.1, 0.15) is 28.1 Å². The lowest BCUT2D eigenvalue weighted by molar-refractivity contribution is 0.112. The van der Waals surface area contributed by atoms with E-state index in [1.807, 2.05) is 23.9 Å². The van der Waals surface area contributed by atoms with Crippen molar-refractivity contribution in [3.05, 3.63) is 21.8 Å². The summed E-state index contributed by atoms with van der Waals surface area (Å²) in [6.45, 7) is 6.89. The highest BCUT2D eigenvalue weighted by molar-refractivity contribution is 7.11. The zero-order valence-corrected chi connectivity index (χ0v) is 10.3. The number of hydrogen-bond acceptors (Lipinski definition) is 4. The van der Waals surface area contributed by atoms with Gasteiger partial charge in [-0.25, -0.2) is 4.98 Å². The number of nitrogens with zero attached hydrogens (tertiary/aromatic N) is 3. The predicted octanol–water partition coefficient (Wildman–Crippen LogP) is 2.46. The lowest BCUT2D eigenvalue weighted by Gasteiger charge is -1.99. The molecule has 5 heteroatoms. The summed E-state index contributed by atoms with van der Waals surface area (Å²) in [6.07, 6.45) is 0.781. The van der Waals surface area contributed by atoms with Crippen LogP contribution in [0.2, 0.25) is 0 Å². The minimum absolute atomic E-state index is 0.512. The summed E-state index contributed by atoms with van der Waals surface area (Å²) in [5.41, 5.74) is 3.96. The molecule has 0 aromatic carbocycles. The van der Waals surface area contributed by atoms with Crippen molar-refractivity contribution in [2.24, 2.45) is 0 Å². The molecule has 2 heterocycles. The third-order valence-electron chi connectivity index (χ3n) is 2.56. The van der Waals surface area contributed by atoms with E-state index >= 15 is 0 Å². The summed E-state index contributed by atoms with van der Waals surface area (Å²) in [4.78, 5) is 14.9. The van der Waals surface area contributed by atoms with Crippen molar-refractivity contribution in [3.8, 4) is 11.3 Å². The SMILES string of the molecule is CCn1nc(C)c(-c2csc(C=O)n2)c1C. The number of rotatable bonds is 3. The van der Waals surface area contributed by atoms with Crippen LogP contribution >= 0.6 is 11.3 Å². The van der Waals surface area contributed by atoms with Gasteiger partial charge in [-0.15, -0.1) is 11.3 Å². The molecule has 0 aliphatic carbocycles. The molecule has 0 aliphatic rings. The van der Waals surface area contributed by atoms with E-state index in [4.69, 9.17) is 0 Å². The van der Waals surface area contributed by atoms with Gasteiger partial charge in [0.1, 0.15) is 0 Å². The Morgan fingerprint density at radius 1 is 1.50 bits per heavy atom. The van der Waals surface area contributed by atoms with E-state index < -0.39 is 0 Å². The van der Waals surface area contributed by atoms with E-state index in [2.05, 4.69) is 17.0 Å². The summed E-state index contributed by atoms with van der Waals surface area (Å²) >= 11 is 1.36. The molecule has 2 aromatic rings. The Morgan fingerprint density at radius 3 is 2.75 bits per heavy atom. The fraction of sp³-hybridized carbons (Fsp3) is 0.364. The first kappa shape index (κ1) is 11.0. The topological polar surface area (TPSA) is 47.8 Å². The molecule has 2 rings (SSSR count). The summed E-state index contributed by atoms with van der Waals surface area (Å²) in [5.74, 6) is 0. The summed E-state index contributed by atoms with van der Waals surface area (Å²) in [6, 6.07) is 0. The number of carbonyl (C=O) groups excluding carboxylic acids is 1. The molecule has 0 saturated heterocycles. The van der Waals surface area contributed by atoms with Gasteiger partial charge in [0.25, 0.3) is 0 Å². The summed E-state index contributed by atoms with van der Waals surface area (Å²) in [7, 11) is 0. The lowest BCUT2D eigenvalue weighted by atomic mass is 10.1. The first-order valence-electron chi connectivity index (χ1n) is 5.12. The maximum atomic E-state index is 10.6. The average molecular weight is 235 g/mol. The predicted molar refractivity (Wildman–Crippen MR) is 63.9 cm³/mol. The number of aromatic nitrogens is 3. The number of aryl methyl sites for hydroxylation is 2. The molecule has 0 aliphatic heterocycles. The number of thiazole rings is 1. The van der Waals surface area contributed by atoms with Crippen molar-refractivity contribution < 1.29 is 4.79 Å². The van der Waals surface area contributed by atoms with Crippen LogP contribution in [0.15, 0.2) is 5.38 Å². The van der Waals surface area contributed by atoms with Crippen molar-refractivity contribution in [2.45, 2.75) is 27.3 Å². The summed E-state index contributed by atoms with van der Waals surface area (Å²) in [5, 5.41) is 6.85. The molecule has 0 spiro atoms. The molecule has 0 unspecified atom stereocenters.